The minimum absolute atomic E-state index is 0.165. The van der Waals surface area contributed by atoms with Crippen LogP contribution in [0.3, 0.4) is 0 Å². The quantitative estimate of drug-likeness (QED) is 0.778. The number of nitrogens with two attached hydrogens (primary N) is 1. The first-order chi connectivity index (χ1) is 10.3. The number of hydrogen-bond acceptors (Lipinski definition) is 3. The third kappa shape index (κ3) is 2.11. The first-order valence-corrected chi connectivity index (χ1v) is 7.72. The molecule has 0 amide bonds. The number of benzene rings is 1. The summed E-state index contributed by atoms with van der Waals surface area (Å²) < 4.78 is 0. The second-order valence-electron chi connectivity index (χ2n) is 6.14. The molecule has 5 unspecified atom stereocenters. The molecule has 0 bridgehead atoms. The summed E-state index contributed by atoms with van der Waals surface area (Å²) in [5, 5.41) is 19.5. The van der Waals surface area contributed by atoms with Gasteiger partial charge in [-0.3, -0.25) is 9.59 Å². The number of aliphatic carboxylic acids is 2. The molecule has 0 aromatic heterocycles. The molecular weight excluding hydrogens is 329 g/mol. The Kier molecular flexibility index (Phi) is 3.62. The van der Waals surface area contributed by atoms with Crippen molar-refractivity contribution >= 4 is 35.1 Å². The van der Waals surface area contributed by atoms with Crippen LogP contribution >= 0.6 is 23.2 Å². The highest BCUT2D eigenvalue weighted by Crippen LogP contribution is 2.64. The Labute approximate surface area is 137 Å². The predicted octanol–water partition coefficient (Wildman–Crippen LogP) is 2.28. The maximum absolute atomic E-state index is 11.7. The fourth-order valence-corrected chi connectivity index (χ4v) is 4.39. The van der Waals surface area contributed by atoms with Gasteiger partial charge in [-0.2, -0.15) is 0 Å². The van der Waals surface area contributed by atoms with E-state index in [-0.39, 0.29) is 11.8 Å². The molecule has 0 spiro atoms. The summed E-state index contributed by atoms with van der Waals surface area (Å²) in [6.45, 7) is 0. The molecule has 2 saturated carbocycles. The van der Waals surface area contributed by atoms with E-state index in [0.717, 1.165) is 5.56 Å². The van der Waals surface area contributed by atoms with Crippen LogP contribution in [0.2, 0.25) is 10.0 Å². The molecule has 1 aromatic rings. The Balaban J connectivity index is 1.88. The van der Waals surface area contributed by atoms with E-state index in [0.29, 0.717) is 22.9 Å². The number of carboxylic acids is 2. The summed E-state index contributed by atoms with van der Waals surface area (Å²) in [4.78, 5) is 22.9. The van der Waals surface area contributed by atoms with Crippen molar-refractivity contribution in [3.8, 4) is 0 Å². The molecule has 2 aliphatic carbocycles. The van der Waals surface area contributed by atoms with E-state index in [9.17, 15) is 14.7 Å². The van der Waals surface area contributed by atoms with Gasteiger partial charge in [-0.05, 0) is 36.3 Å². The molecule has 7 heteroatoms. The summed E-state index contributed by atoms with van der Waals surface area (Å²) in [5.41, 5.74) is 5.37. The van der Waals surface area contributed by atoms with Gasteiger partial charge in [0.05, 0.1) is 16.0 Å². The third-order valence-electron chi connectivity index (χ3n) is 5.11. The van der Waals surface area contributed by atoms with E-state index in [1.807, 2.05) is 0 Å². The van der Waals surface area contributed by atoms with Gasteiger partial charge in [-0.15, -0.1) is 0 Å². The highest BCUT2D eigenvalue weighted by Gasteiger charge is 2.73. The van der Waals surface area contributed by atoms with E-state index >= 15 is 0 Å². The average molecular weight is 344 g/mol. The van der Waals surface area contributed by atoms with Gasteiger partial charge in [0.15, 0.2) is 0 Å². The Morgan fingerprint density at radius 3 is 2.59 bits per heavy atom. The maximum Gasteiger partial charge on any atom is 0.324 e. The van der Waals surface area contributed by atoms with Crippen molar-refractivity contribution in [2.45, 2.75) is 18.4 Å². The monoisotopic (exact) mass is 343 g/mol. The fourth-order valence-electron chi connectivity index (χ4n) is 3.99. The van der Waals surface area contributed by atoms with Gasteiger partial charge in [-0.25, -0.2) is 0 Å². The van der Waals surface area contributed by atoms with Crippen molar-refractivity contribution in [1.29, 1.82) is 0 Å². The number of carboxylic acid groups (broad SMARTS) is 2. The first-order valence-electron chi connectivity index (χ1n) is 6.96. The zero-order chi connectivity index (χ0) is 16.2. The van der Waals surface area contributed by atoms with Crippen molar-refractivity contribution in [2.24, 2.45) is 29.4 Å². The van der Waals surface area contributed by atoms with Gasteiger partial charge >= 0.3 is 11.9 Å². The molecule has 0 heterocycles. The fraction of sp³-hybridized carbons (Fsp3) is 0.467. The number of rotatable bonds is 4. The zero-order valence-electron chi connectivity index (χ0n) is 11.5. The van der Waals surface area contributed by atoms with Gasteiger partial charge in [0, 0.05) is 5.92 Å². The SMILES string of the molecule is NC1(C(=O)O)C(Cc2cccc(Cl)c2Cl)CC2C(C(=O)O)C21. The van der Waals surface area contributed by atoms with E-state index in [1.54, 1.807) is 18.2 Å². The zero-order valence-corrected chi connectivity index (χ0v) is 13.0. The molecule has 1 aromatic carbocycles. The molecule has 0 saturated heterocycles. The molecule has 0 aliphatic heterocycles. The van der Waals surface area contributed by atoms with E-state index in [4.69, 9.17) is 34.0 Å². The van der Waals surface area contributed by atoms with Gasteiger partial charge in [0.1, 0.15) is 5.54 Å². The van der Waals surface area contributed by atoms with Crippen LogP contribution in [0.5, 0.6) is 0 Å². The van der Waals surface area contributed by atoms with Gasteiger partial charge in [-0.1, -0.05) is 35.3 Å². The number of carbonyl (C=O) groups is 2. The third-order valence-corrected chi connectivity index (χ3v) is 5.96. The molecule has 2 aliphatic rings. The lowest BCUT2D eigenvalue weighted by atomic mass is 9.78. The molecule has 5 nitrogen and oxygen atoms in total. The predicted molar refractivity (Wildman–Crippen MR) is 80.9 cm³/mol. The van der Waals surface area contributed by atoms with Crippen LogP contribution in [0.25, 0.3) is 0 Å². The van der Waals surface area contributed by atoms with E-state index < -0.39 is 29.3 Å². The van der Waals surface area contributed by atoms with Crippen molar-refractivity contribution in [2.75, 3.05) is 0 Å². The minimum atomic E-state index is -1.53. The maximum atomic E-state index is 11.7. The van der Waals surface area contributed by atoms with Crippen molar-refractivity contribution in [3.05, 3.63) is 33.8 Å². The lowest BCUT2D eigenvalue weighted by molar-refractivity contribution is -0.147. The van der Waals surface area contributed by atoms with E-state index in [1.165, 1.54) is 0 Å². The molecule has 2 fully saturated rings. The topological polar surface area (TPSA) is 101 Å². The Morgan fingerprint density at radius 1 is 1.32 bits per heavy atom. The van der Waals surface area contributed by atoms with Gasteiger partial charge < -0.3 is 15.9 Å². The van der Waals surface area contributed by atoms with Crippen LogP contribution in [-0.2, 0) is 16.0 Å². The Morgan fingerprint density at radius 2 is 2.00 bits per heavy atom. The summed E-state index contributed by atoms with van der Waals surface area (Å²) in [6, 6.07) is 5.19. The number of fused-ring (bicyclic) bond motifs is 1. The van der Waals surface area contributed by atoms with Crippen molar-refractivity contribution in [3.63, 3.8) is 0 Å². The van der Waals surface area contributed by atoms with Crippen molar-refractivity contribution in [1.82, 2.24) is 0 Å². The van der Waals surface area contributed by atoms with Crippen molar-refractivity contribution < 1.29 is 19.8 Å². The molecular formula is C15H15Cl2NO4. The molecule has 0 radical (unpaired) electrons. The molecule has 3 rings (SSSR count). The normalized spacial score (nSPS) is 36.0. The van der Waals surface area contributed by atoms with E-state index in [2.05, 4.69) is 0 Å². The second kappa shape index (κ2) is 5.11. The summed E-state index contributed by atoms with van der Waals surface area (Å²) in [5.74, 6) is -3.79. The highest BCUT2D eigenvalue weighted by molar-refractivity contribution is 6.42. The van der Waals surface area contributed by atoms with Crippen LogP contribution in [0.4, 0.5) is 0 Å². The van der Waals surface area contributed by atoms with Crippen LogP contribution in [-0.4, -0.2) is 27.7 Å². The lowest BCUT2D eigenvalue weighted by Crippen LogP contribution is -2.55. The average Bonchev–Trinajstić information content (AvgIpc) is 3.09. The molecule has 118 valence electrons. The lowest BCUT2D eigenvalue weighted by Gasteiger charge is -2.31. The van der Waals surface area contributed by atoms with Crippen LogP contribution < -0.4 is 5.73 Å². The van der Waals surface area contributed by atoms with Gasteiger partial charge in [0.25, 0.3) is 0 Å². The molecule has 4 N–H and O–H groups in total. The first kappa shape index (κ1) is 15.6. The standard InChI is InChI=1S/C15H15Cl2NO4/c16-9-3-1-2-6(12(9)17)4-7-5-8-10(13(19)20)11(8)15(7,18)14(21)22/h1-3,7-8,10-11H,4-5,18H2,(H,19,20)(H,21,22). The smallest absolute Gasteiger partial charge is 0.324 e. The highest BCUT2D eigenvalue weighted by atomic mass is 35.5. The van der Waals surface area contributed by atoms with Gasteiger partial charge in [0.2, 0.25) is 0 Å². The largest absolute Gasteiger partial charge is 0.481 e. The minimum Gasteiger partial charge on any atom is -0.481 e. The summed E-state index contributed by atoms with van der Waals surface area (Å²) >= 11 is 12.1. The summed E-state index contributed by atoms with van der Waals surface area (Å²) in [6.07, 6.45) is 0.856. The molecule has 5 atom stereocenters. The van der Waals surface area contributed by atoms with Crippen LogP contribution in [0.1, 0.15) is 12.0 Å². The second-order valence-corrected chi connectivity index (χ2v) is 6.93. The summed E-state index contributed by atoms with van der Waals surface area (Å²) in [7, 11) is 0. The van der Waals surface area contributed by atoms with Crippen LogP contribution in [0.15, 0.2) is 18.2 Å². The number of halogens is 2. The Bertz CT molecular complexity index is 665. The number of hydrogen-bond donors (Lipinski definition) is 3. The Hall–Kier alpha value is -1.30. The molecule has 22 heavy (non-hydrogen) atoms. The van der Waals surface area contributed by atoms with Crippen LogP contribution in [0, 0.1) is 23.7 Å².